The highest BCUT2D eigenvalue weighted by atomic mass is 32.2. The van der Waals surface area contributed by atoms with Crippen molar-refractivity contribution in [2.45, 2.75) is 37.4 Å². The molecule has 0 aromatic carbocycles. The van der Waals surface area contributed by atoms with E-state index in [4.69, 9.17) is 0 Å². The van der Waals surface area contributed by atoms with E-state index in [1.54, 1.807) is 0 Å². The molecule has 1 fully saturated rings. The van der Waals surface area contributed by atoms with Crippen LogP contribution in [0.5, 0.6) is 0 Å². The maximum Gasteiger partial charge on any atom is 0.202 e. The molecular formula is C10H17N3S2. The van der Waals surface area contributed by atoms with Crippen molar-refractivity contribution in [1.82, 2.24) is 9.36 Å². The quantitative estimate of drug-likeness (QED) is 0.863. The molecule has 0 spiro atoms. The van der Waals surface area contributed by atoms with Gasteiger partial charge in [-0.05, 0) is 19.1 Å². The van der Waals surface area contributed by atoms with Crippen molar-refractivity contribution in [2.75, 3.05) is 18.1 Å². The van der Waals surface area contributed by atoms with Crippen LogP contribution in [0.25, 0.3) is 0 Å². The SMILES string of the molecule is CCc1nsc(NCC2(SC)CCC2)n1. The summed E-state index contributed by atoms with van der Waals surface area (Å²) in [4.78, 5) is 4.41. The number of hydrogen-bond acceptors (Lipinski definition) is 5. The minimum Gasteiger partial charge on any atom is -0.359 e. The Balaban J connectivity index is 1.86. The molecule has 5 heteroatoms. The Hall–Kier alpha value is -0.290. The summed E-state index contributed by atoms with van der Waals surface area (Å²) in [7, 11) is 0. The van der Waals surface area contributed by atoms with Gasteiger partial charge in [0.15, 0.2) is 0 Å². The Morgan fingerprint density at radius 2 is 2.33 bits per heavy atom. The van der Waals surface area contributed by atoms with Crippen LogP contribution in [0.4, 0.5) is 5.13 Å². The number of nitrogens with one attached hydrogen (secondary N) is 1. The molecule has 84 valence electrons. The van der Waals surface area contributed by atoms with Crippen LogP contribution in [-0.2, 0) is 6.42 Å². The molecule has 1 N–H and O–H groups in total. The van der Waals surface area contributed by atoms with Crippen molar-refractivity contribution in [3.63, 3.8) is 0 Å². The molecule has 1 aliphatic carbocycles. The predicted octanol–water partition coefficient (Wildman–Crippen LogP) is 2.80. The first-order chi connectivity index (χ1) is 7.28. The third kappa shape index (κ3) is 2.45. The molecule has 0 bridgehead atoms. The molecular weight excluding hydrogens is 226 g/mol. The second kappa shape index (κ2) is 4.70. The number of aryl methyl sites for hydroxylation is 1. The molecule has 15 heavy (non-hydrogen) atoms. The third-order valence-electron chi connectivity index (χ3n) is 3.04. The molecule has 1 aliphatic rings. The lowest BCUT2D eigenvalue weighted by Crippen LogP contribution is -2.40. The monoisotopic (exact) mass is 243 g/mol. The van der Waals surface area contributed by atoms with Gasteiger partial charge in [0.25, 0.3) is 0 Å². The van der Waals surface area contributed by atoms with Crippen LogP contribution in [0, 0.1) is 0 Å². The van der Waals surface area contributed by atoms with Gasteiger partial charge >= 0.3 is 0 Å². The minimum atomic E-state index is 0.470. The van der Waals surface area contributed by atoms with Gasteiger partial charge in [0.1, 0.15) is 5.82 Å². The lowest BCUT2D eigenvalue weighted by atomic mass is 9.84. The highest BCUT2D eigenvalue weighted by molar-refractivity contribution is 8.00. The van der Waals surface area contributed by atoms with E-state index in [1.807, 2.05) is 11.8 Å². The van der Waals surface area contributed by atoms with Gasteiger partial charge in [-0.1, -0.05) is 13.3 Å². The van der Waals surface area contributed by atoms with Crippen molar-refractivity contribution >= 4 is 28.4 Å². The summed E-state index contributed by atoms with van der Waals surface area (Å²) < 4.78 is 4.74. The molecule has 1 aromatic rings. The molecule has 0 radical (unpaired) electrons. The predicted molar refractivity (Wildman–Crippen MR) is 67.9 cm³/mol. The van der Waals surface area contributed by atoms with E-state index in [1.165, 1.54) is 30.8 Å². The molecule has 3 nitrogen and oxygen atoms in total. The second-order valence-corrected chi connectivity index (χ2v) is 5.99. The van der Waals surface area contributed by atoms with Gasteiger partial charge in [0.2, 0.25) is 5.13 Å². The summed E-state index contributed by atoms with van der Waals surface area (Å²) in [5, 5.41) is 4.40. The first-order valence-electron chi connectivity index (χ1n) is 5.39. The van der Waals surface area contributed by atoms with Crippen LogP contribution in [0.2, 0.25) is 0 Å². The Labute approximate surface area is 99.2 Å². The van der Waals surface area contributed by atoms with Gasteiger partial charge in [-0.15, -0.1) is 0 Å². The lowest BCUT2D eigenvalue weighted by Gasteiger charge is -2.40. The fraction of sp³-hybridized carbons (Fsp3) is 0.800. The summed E-state index contributed by atoms with van der Waals surface area (Å²) in [6, 6.07) is 0. The average molecular weight is 243 g/mol. The molecule has 1 heterocycles. The summed E-state index contributed by atoms with van der Waals surface area (Å²) in [6.45, 7) is 3.12. The number of anilines is 1. The summed E-state index contributed by atoms with van der Waals surface area (Å²) in [5.41, 5.74) is 0. The fourth-order valence-corrected chi connectivity index (χ4v) is 3.29. The van der Waals surface area contributed by atoms with Crippen LogP contribution in [-0.4, -0.2) is 26.9 Å². The van der Waals surface area contributed by atoms with Crippen LogP contribution < -0.4 is 5.32 Å². The number of aromatic nitrogens is 2. The Kier molecular flexibility index (Phi) is 3.51. The third-order valence-corrected chi connectivity index (χ3v) is 5.17. The Morgan fingerprint density at radius 1 is 1.53 bits per heavy atom. The average Bonchev–Trinajstić information content (AvgIpc) is 2.65. The van der Waals surface area contributed by atoms with Crippen LogP contribution in [0.1, 0.15) is 32.0 Å². The standard InChI is InChI=1S/C10H17N3S2/c1-3-8-12-9(15-13-8)11-7-10(14-2)5-4-6-10/h3-7H2,1-2H3,(H,11,12,13). The van der Waals surface area contributed by atoms with Crippen molar-refractivity contribution in [1.29, 1.82) is 0 Å². The normalized spacial score (nSPS) is 18.5. The zero-order chi connectivity index (χ0) is 10.7. The molecule has 1 saturated carbocycles. The number of rotatable bonds is 5. The maximum absolute atomic E-state index is 4.41. The summed E-state index contributed by atoms with van der Waals surface area (Å²) in [6.07, 6.45) is 7.17. The number of nitrogens with zero attached hydrogens (tertiary/aromatic N) is 2. The summed E-state index contributed by atoms with van der Waals surface area (Å²) >= 11 is 3.46. The largest absolute Gasteiger partial charge is 0.359 e. The molecule has 0 atom stereocenters. The van der Waals surface area contributed by atoms with Gasteiger partial charge in [0, 0.05) is 29.2 Å². The van der Waals surface area contributed by atoms with Crippen LogP contribution in [0.15, 0.2) is 0 Å². The molecule has 0 saturated heterocycles. The zero-order valence-electron chi connectivity index (χ0n) is 9.25. The van der Waals surface area contributed by atoms with Gasteiger partial charge in [-0.25, -0.2) is 4.98 Å². The van der Waals surface area contributed by atoms with Crippen molar-refractivity contribution < 1.29 is 0 Å². The van der Waals surface area contributed by atoms with Gasteiger partial charge in [-0.3, -0.25) is 0 Å². The van der Waals surface area contributed by atoms with Crippen molar-refractivity contribution in [3.8, 4) is 0 Å². The molecule has 2 rings (SSSR count). The minimum absolute atomic E-state index is 0.470. The zero-order valence-corrected chi connectivity index (χ0v) is 10.9. The van der Waals surface area contributed by atoms with E-state index >= 15 is 0 Å². The first-order valence-corrected chi connectivity index (χ1v) is 7.39. The molecule has 0 unspecified atom stereocenters. The number of thioether (sulfide) groups is 1. The molecule has 0 aliphatic heterocycles. The summed E-state index contributed by atoms with van der Waals surface area (Å²) in [5.74, 6) is 0.953. The highest BCUT2D eigenvalue weighted by Crippen LogP contribution is 2.42. The topological polar surface area (TPSA) is 37.8 Å². The van der Waals surface area contributed by atoms with Crippen molar-refractivity contribution in [2.24, 2.45) is 0 Å². The fourth-order valence-electron chi connectivity index (χ4n) is 1.73. The van der Waals surface area contributed by atoms with E-state index in [-0.39, 0.29) is 0 Å². The van der Waals surface area contributed by atoms with Crippen LogP contribution in [0.3, 0.4) is 0 Å². The lowest BCUT2D eigenvalue weighted by molar-refractivity contribution is 0.380. The van der Waals surface area contributed by atoms with Gasteiger partial charge in [-0.2, -0.15) is 16.1 Å². The van der Waals surface area contributed by atoms with E-state index < -0.39 is 0 Å². The molecule has 1 aromatic heterocycles. The number of hydrogen-bond donors (Lipinski definition) is 1. The smallest absolute Gasteiger partial charge is 0.202 e. The van der Waals surface area contributed by atoms with Gasteiger partial charge < -0.3 is 5.32 Å². The van der Waals surface area contributed by atoms with Gasteiger partial charge in [0.05, 0.1) is 0 Å². The van der Waals surface area contributed by atoms with Crippen molar-refractivity contribution in [3.05, 3.63) is 5.82 Å². The van der Waals surface area contributed by atoms with E-state index in [0.29, 0.717) is 4.75 Å². The van der Waals surface area contributed by atoms with E-state index in [9.17, 15) is 0 Å². The second-order valence-electron chi connectivity index (χ2n) is 3.96. The Bertz CT molecular complexity index is 315. The maximum atomic E-state index is 4.41. The van der Waals surface area contributed by atoms with E-state index in [2.05, 4.69) is 27.9 Å². The first kappa shape index (κ1) is 11.2. The molecule has 0 amide bonds. The van der Waals surface area contributed by atoms with E-state index in [0.717, 1.165) is 23.9 Å². The highest BCUT2D eigenvalue weighted by Gasteiger charge is 2.35. The van der Waals surface area contributed by atoms with Crippen LogP contribution >= 0.6 is 23.3 Å². The Morgan fingerprint density at radius 3 is 2.80 bits per heavy atom.